The van der Waals surface area contributed by atoms with Crippen LogP contribution in [-0.2, 0) is 6.42 Å². The van der Waals surface area contributed by atoms with Gasteiger partial charge in [-0.05, 0) is 55.7 Å². The van der Waals surface area contributed by atoms with Gasteiger partial charge in [-0.2, -0.15) is 0 Å². The van der Waals surface area contributed by atoms with Crippen molar-refractivity contribution in [1.82, 2.24) is 5.32 Å². The molecule has 0 heterocycles. The van der Waals surface area contributed by atoms with Crippen LogP contribution in [0.15, 0.2) is 48.5 Å². The molecular weight excluding hydrogens is 282 g/mol. The van der Waals surface area contributed by atoms with Crippen molar-refractivity contribution >= 4 is 11.6 Å². The third-order valence-electron chi connectivity index (χ3n) is 3.61. The Morgan fingerprint density at radius 3 is 2.19 bits per heavy atom. The maximum atomic E-state index is 5.92. The van der Waals surface area contributed by atoms with E-state index in [-0.39, 0.29) is 0 Å². The second-order valence-corrected chi connectivity index (χ2v) is 5.83. The van der Waals surface area contributed by atoms with Gasteiger partial charge in [0.1, 0.15) is 5.75 Å². The molecule has 1 N–H and O–H groups in total. The molecule has 2 unspecified atom stereocenters. The van der Waals surface area contributed by atoms with Crippen LogP contribution in [0.3, 0.4) is 0 Å². The molecule has 0 aliphatic heterocycles. The Morgan fingerprint density at radius 2 is 1.62 bits per heavy atom. The molecule has 0 spiro atoms. The molecule has 0 amide bonds. The largest absolute Gasteiger partial charge is 0.497 e. The summed E-state index contributed by atoms with van der Waals surface area (Å²) >= 11 is 5.92. The molecule has 0 aliphatic carbocycles. The summed E-state index contributed by atoms with van der Waals surface area (Å²) in [6.45, 7) is 4.38. The molecule has 0 aromatic heterocycles. The predicted molar refractivity (Wildman–Crippen MR) is 89.2 cm³/mol. The molecule has 2 rings (SSSR count). The lowest BCUT2D eigenvalue weighted by molar-refractivity contribution is 0.414. The summed E-state index contributed by atoms with van der Waals surface area (Å²) in [5.41, 5.74) is 2.56. The number of hydrogen-bond donors (Lipinski definition) is 1. The molecule has 21 heavy (non-hydrogen) atoms. The van der Waals surface area contributed by atoms with Crippen molar-refractivity contribution in [3.8, 4) is 5.75 Å². The van der Waals surface area contributed by atoms with Crippen molar-refractivity contribution in [2.45, 2.75) is 32.4 Å². The first-order chi connectivity index (χ1) is 10.1. The summed E-state index contributed by atoms with van der Waals surface area (Å²) in [7, 11) is 1.69. The maximum Gasteiger partial charge on any atom is 0.118 e. The van der Waals surface area contributed by atoms with Crippen molar-refractivity contribution in [3.05, 3.63) is 64.7 Å². The van der Waals surface area contributed by atoms with Gasteiger partial charge in [0.2, 0.25) is 0 Å². The zero-order valence-electron chi connectivity index (χ0n) is 12.8. The van der Waals surface area contributed by atoms with Gasteiger partial charge in [0.25, 0.3) is 0 Å². The van der Waals surface area contributed by atoms with E-state index in [0.29, 0.717) is 12.1 Å². The normalized spacial score (nSPS) is 13.7. The third kappa shape index (κ3) is 4.76. The monoisotopic (exact) mass is 303 g/mol. The van der Waals surface area contributed by atoms with E-state index in [1.54, 1.807) is 7.11 Å². The van der Waals surface area contributed by atoms with E-state index in [4.69, 9.17) is 16.3 Å². The Balaban J connectivity index is 1.91. The number of methoxy groups -OCH3 is 1. The summed E-state index contributed by atoms with van der Waals surface area (Å²) in [5, 5.41) is 4.39. The standard InChI is InChI=1S/C18H22ClNO/c1-13(12-15-4-10-18(21-3)11-5-15)20-14(2)16-6-8-17(19)9-7-16/h4-11,13-14,20H,12H2,1-3H3. The lowest BCUT2D eigenvalue weighted by Crippen LogP contribution is -2.30. The average Bonchev–Trinajstić information content (AvgIpc) is 2.48. The predicted octanol–water partition coefficient (Wildman–Crippen LogP) is 4.63. The summed E-state index contributed by atoms with van der Waals surface area (Å²) in [4.78, 5) is 0. The van der Waals surface area contributed by atoms with Gasteiger partial charge in [-0.3, -0.25) is 0 Å². The topological polar surface area (TPSA) is 21.3 Å². The summed E-state index contributed by atoms with van der Waals surface area (Å²) in [6, 6.07) is 16.9. The Bertz CT molecular complexity index is 550. The van der Waals surface area contributed by atoms with Crippen molar-refractivity contribution in [2.24, 2.45) is 0 Å². The molecule has 0 saturated carbocycles. The van der Waals surface area contributed by atoms with Gasteiger partial charge in [-0.1, -0.05) is 35.9 Å². The number of rotatable bonds is 6. The van der Waals surface area contributed by atoms with Crippen LogP contribution in [0.5, 0.6) is 5.75 Å². The first-order valence-corrected chi connectivity index (χ1v) is 7.60. The molecule has 0 radical (unpaired) electrons. The highest BCUT2D eigenvalue weighted by Crippen LogP contribution is 2.18. The van der Waals surface area contributed by atoms with Crippen LogP contribution in [0.1, 0.15) is 31.0 Å². The van der Waals surface area contributed by atoms with Gasteiger partial charge >= 0.3 is 0 Å². The van der Waals surface area contributed by atoms with Gasteiger partial charge in [-0.15, -0.1) is 0 Å². The first-order valence-electron chi connectivity index (χ1n) is 7.23. The van der Waals surface area contributed by atoms with Gasteiger partial charge in [-0.25, -0.2) is 0 Å². The van der Waals surface area contributed by atoms with Gasteiger partial charge < -0.3 is 10.1 Å². The molecule has 2 aromatic rings. The highest BCUT2D eigenvalue weighted by Gasteiger charge is 2.10. The minimum atomic E-state index is 0.301. The highest BCUT2D eigenvalue weighted by atomic mass is 35.5. The third-order valence-corrected chi connectivity index (χ3v) is 3.86. The Kier molecular flexibility index (Phi) is 5.66. The fraction of sp³-hybridized carbons (Fsp3) is 0.333. The molecule has 2 aromatic carbocycles. The van der Waals surface area contributed by atoms with Gasteiger partial charge in [0, 0.05) is 17.1 Å². The second-order valence-electron chi connectivity index (χ2n) is 5.39. The summed E-state index contributed by atoms with van der Waals surface area (Å²) in [6.07, 6.45) is 0.988. The number of hydrogen-bond acceptors (Lipinski definition) is 2. The molecule has 0 aliphatic rings. The van der Waals surface area contributed by atoms with E-state index in [2.05, 4.69) is 43.4 Å². The Labute approximate surface area is 132 Å². The van der Waals surface area contributed by atoms with E-state index in [1.165, 1.54) is 11.1 Å². The Hall–Kier alpha value is -1.51. The van der Waals surface area contributed by atoms with Crippen molar-refractivity contribution in [1.29, 1.82) is 0 Å². The molecule has 0 fully saturated rings. The fourth-order valence-electron chi connectivity index (χ4n) is 2.45. The van der Waals surface area contributed by atoms with Crippen molar-refractivity contribution in [3.63, 3.8) is 0 Å². The van der Waals surface area contributed by atoms with Crippen LogP contribution in [0.2, 0.25) is 5.02 Å². The minimum absolute atomic E-state index is 0.301. The number of nitrogens with one attached hydrogen (secondary N) is 1. The van der Waals surface area contributed by atoms with E-state index in [1.807, 2.05) is 24.3 Å². The van der Waals surface area contributed by atoms with Crippen LogP contribution in [0.25, 0.3) is 0 Å². The highest BCUT2D eigenvalue weighted by molar-refractivity contribution is 6.30. The molecule has 0 bridgehead atoms. The van der Waals surface area contributed by atoms with E-state index in [9.17, 15) is 0 Å². The first kappa shape index (κ1) is 15.9. The van der Waals surface area contributed by atoms with Crippen LogP contribution in [0, 0.1) is 0 Å². The summed E-state index contributed by atoms with van der Waals surface area (Å²) in [5.74, 6) is 0.897. The van der Waals surface area contributed by atoms with E-state index >= 15 is 0 Å². The zero-order chi connectivity index (χ0) is 15.2. The minimum Gasteiger partial charge on any atom is -0.497 e. The molecule has 0 saturated heterocycles. The smallest absolute Gasteiger partial charge is 0.118 e. The zero-order valence-corrected chi connectivity index (χ0v) is 13.5. The maximum absolute atomic E-state index is 5.92. The quantitative estimate of drug-likeness (QED) is 0.840. The lowest BCUT2D eigenvalue weighted by Gasteiger charge is -2.20. The number of halogens is 1. The molecular formula is C18H22ClNO. The van der Waals surface area contributed by atoms with Crippen LogP contribution >= 0.6 is 11.6 Å². The molecule has 2 nitrogen and oxygen atoms in total. The van der Waals surface area contributed by atoms with Crippen LogP contribution < -0.4 is 10.1 Å². The van der Waals surface area contributed by atoms with E-state index in [0.717, 1.165) is 17.2 Å². The lowest BCUT2D eigenvalue weighted by atomic mass is 10.0. The number of benzene rings is 2. The Morgan fingerprint density at radius 1 is 1.00 bits per heavy atom. The van der Waals surface area contributed by atoms with Gasteiger partial charge in [0.15, 0.2) is 0 Å². The SMILES string of the molecule is COc1ccc(CC(C)NC(C)c2ccc(Cl)cc2)cc1. The average molecular weight is 304 g/mol. The molecule has 2 atom stereocenters. The fourth-order valence-corrected chi connectivity index (χ4v) is 2.57. The summed E-state index contributed by atoms with van der Waals surface area (Å²) < 4.78 is 5.18. The second kappa shape index (κ2) is 7.48. The van der Waals surface area contributed by atoms with Crippen molar-refractivity contribution in [2.75, 3.05) is 7.11 Å². The van der Waals surface area contributed by atoms with Crippen LogP contribution in [0.4, 0.5) is 0 Å². The number of ether oxygens (including phenoxy) is 1. The molecule has 3 heteroatoms. The van der Waals surface area contributed by atoms with Crippen LogP contribution in [-0.4, -0.2) is 13.2 Å². The van der Waals surface area contributed by atoms with Gasteiger partial charge in [0.05, 0.1) is 7.11 Å². The van der Waals surface area contributed by atoms with Crippen molar-refractivity contribution < 1.29 is 4.74 Å². The molecule has 112 valence electrons. The van der Waals surface area contributed by atoms with E-state index < -0.39 is 0 Å².